The van der Waals surface area contributed by atoms with E-state index in [1.54, 1.807) is 0 Å². The van der Waals surface area contributed by atoms with Crippen LogP contribution in [-0.4, -0.2) is 31.5 Å². The molecule has 0 bridgehead atoms. The zero-order valence-corrected chi connectivity index (χ0v) is 14.5. The summed E-state index contributed by atoms with van der Waals surface area (Å²) >= 11 is 0. The van der Waals surface area contributed by atoms with Crippen LogP contribution in [0.5, 0.6) is 0 Å². The van der Waals surface area contributed by atoms with Gasteiger partial charge in [-0.15, -0.1) is 0 Å². The molecule has 1 aromatic carbocycles. The molecule has 0 saturated carbocycles. The van der Waals surface area contributed by atoms with E-state index in [1.165, 1.54) is 0 Å². The molecule has 1 aliphatic rings. The molecule has 0 radical (unpaired) electrons. The Bertz CT molecular complexity index is 849. The zero-order valence-electron chi connectivity index (χ0n) is 14.5. The molecule has 2 aromatic heterocycles. The molecule has 6 heteroatoms. The van der Waals surface area contributed by atoms with E-state index in [4.69, 9.17) is 4.52 Å². The molecule has 0 saturated heterocycles. The predicted molar refractivity (Wildman–Crippen MR) is 92.8 cm³/mol. The minimum atomic E-state index is -0.685. The van der Waals surface area contributed by atoms with Crippen LogP contribution >= 0.6 is 0 Å². The van der Waals surface area contributed by atoms with E-state index in [-0.39, 0.29) is 0 Å². The Kier molecular flexibility index (Phi) is 4.15. The molecule has 0 amide bonds. The summed E-state index contributed by atoms with van der Waals surface area (Å²) in [7, 11) is 0. The molecule has 1 N–H and O–H groups in total. The minimum Gasteiger partial charge on any atom is -0.382 e. The van der Waals surface area contributed by atoms with Crippen LogP contribution < -0.4 is 0 Å². The van der Waals surface area contributed by atoms with Gasteiger partial charge in [-0.1, -0.05) is 35.5 Å². The first-order chi connectivity index (χ1) is 12.1. The highest BCUT2D eigenvalue weighted by Gasteiger charge is 2.23. The van der Waals surface area contributed by atoms with Crippen LogP contribution in [0.1, 0.15) is 40.1 Å². The van der Waals surface area contributed by atoms with E-state index in [9.17, 15) is 5.11 Å². The summed E-state index contributed by atoms with van der Waals surface area (Å²) in [6.45, 7) is 7.30. The van der Waals surface area contributed by atoms with Gasteiger partial charge in [0.15, 0.2) is 0 Å². The van der Waals surface area contributed by atoms with Gasteiger partial charge in [0.05, 0.1) is 23.6 Å². The van der Waals surface area contributed by atoms with E-state index in [0.29, 0.717) is 5.69 Å². The second-order valence-electron chi connectivity index (χ2n) is 6.61. The van der Waals surface area contributed by atoms with Crippen LogP contribution in [0.25, 0.3) is 0 Å². The third-order valence-corrected chi connectivity index (χ3v) is 4.85. The molecule has 0 unspecified atom stereocenters. The van der Waals surface area contributed by atoms with Crippen molar-refractivity contribution in [2.24, 2.45) is 0 Å². The minimum absolute atomic E-state index is 0.685. The quantitative estimate of drug-likeness (QED) is 0.792. The van der Waals surface area contributed by atoms with Crippen LogP contribution in [0.2, 0.25) is 0 Å². The van der Waals surface area contributed by atoms with Gasteiger partial charge in [-0.25, -0.2) is 0 Å². The number of hydrogen-bond acceptors (Lipinski definition) is 5. The van der Waals surface area contributed by atoms with E-state index in [1.807, 2.05) is 54.9 Å². The van der Waals surface area contributed by atoms with Crippen molar-refractivity contribution in [3.05, 3.63) is 70.4 Å². The molecule has 3 aromatic rings. The van der Waals surface area contributed by atoms with Gasteiger partial charge >= 0.3 is 0 Å². The Morgan fingerprint density at radius 1 is 1.20 bits per heavy atom. The second kappa shape index (κ2) is 6.46. The average Bonchev–Trinajstić information content (AvgIpc) is 3.20. The second-order valence-corrected chi connectivity index (χ2v) is 6.61. The number of aryl methyl sites for hydroxylation is 2. The van der Waals surface area contributed by atoms with Crippen molar-refractivity contribution < 1.29 is 9.63 Å². The zero-order chi connectivity index (χ0) is 17.4. The number of aromatic nitrogens is 3. The number of benzene rings is 1. The molecule has 3 heterocycles. The van der Waals surface area contributed by atoms with Crippen LogP contribution in [0, 0.1) is 13.8 Å². The van der Waals surface area contributed by atoms with Gasteiger partial charge in [-0.3, -0.25) is 9.58 Å². The van der Waals surface area contributed by atoms with Gasteiger partial charge in [0.2, 0.25) is 0 Å². The fraction of sp³-hybridized carbons (Fsp3) is 0.368. The maximum atomic E-state index is 10.6. The lowest BCUT2D eigenvalue weighted by Gasteiger charge is -2.27. The molecule has 0 spiro atoms. The maximum Gasteiger partial charge on any atom is 0.138 e. The monoisotopic (exact) mass is 338 g/mol. The molecule has 0 fully saturated rings. The molecule has 1 atom stereocenters. The summed E-state index contributed by atoms with van der Waals surface area (Å²) in [5.74, 6) is 0.886. The van der Waals surface area contributed by atoms with Crippen molar-refractivity contribution in [2.75, 3.05) is 6.54 Å². The van der Waals surface area contributed by atoms with Gasteiger partial charge in [-0.2, -0.15) is 5.10 Å². The molecule has 6 nitrogen and oxygen atoms in total. The van der Waals surface area contributed by atoms with Gasteiger partial charge in [0.1, 0.15) is 11.9 Å². The smallest absolute Gasteiger partial charge is 0.138 e. The average molecular weight is 338 g/mol. The van der Waals surface area contributed by atoms with Crippen molar-refractivity contribution in [3.8, 4) is 0 Å². The molecule has 130 valence electrons. The Balaban J connectivity index is 1.51. The van der Waals surface area contributed by atoms with Crippen molar-refractivity contribution in [2.45, 2.75) is 39.6 Å². The van der Waals surface area contributed by atoms with Crippen LogP contribution in [-0.2, 0) is 19.6 Å². The lowest BCUT2D eigenvalue weighted by molar-refractivity contribution is 0.199. The first-order valence-electron chi connectivity index (χ1n) is 8.55. The fourth-order valence-electron chi connectivity index (χ4n) is 3.37. The fourth-order valence-corrected chi connectivity index (χ4v) is 3.37. The summed E-state index contributed by atoms with van der Waals surface area (Å²) in [5.41, 5.74) is 4.82. The number of rotatable bonds is 4. The van der Waals surface area contributed by atoms with E-state index >= 15 is 0 Å². The van der Waals surface area contributed by atoms with Crippen molar-refractivity contribution in [3.63, 3.8) is 0 Å². The van der Waals surface area contributed by atoms with Gasteiger partial charge in [-0.05, 0) is 25.5 Å². The SMILES string of the molecule is Cc1noc(C)c1CN1CCn2nc([C@H](O)c3ccccc3)cc2C1. The number of fused-ring (bicyclic) bond motifs is 1. The summed E-state index contributed by atoms with van der Waals surface area (Å²) in [6.07, 6.45) is -0.685. The molecule has 1 aliphatic heterocycles. The molecular formula is C19H22N4O2. The largest absolute Gasteiger partial charge is 0.382 e. The van der Waals surface area contributed by atoms with E-state index < -0.39 is 6.10 Å². The van der Waals surface area contributed by atoms with E-state index in [2.05, 4.69) is 15.2 Å². The highest BCUT2D eigenvalue weighted by Crippen LogP contribution is 2.25. The van der Waals surface area contributed by atoms with Crippen molar-refractivity contribution >= 4 is 0 Å². The van der Waals surface area contributed by atoms with Crippen molar-refractivity contribution in [1.29, 1.82) is 0 Å². The standard InChI is InChI=1S/C19H22N4O2/c1-13-17(14(2)25-21-13)12-22-8-9-23-16(11-22)10-18(20-23)19(24)15-6-4-3-5-7-15/h3-7,10,19,24H,8-9,11-12H2,1-2H3/t19-/m1/s1. The van der Waals surface area contributed by atoms with Crippen LogP contribution in [0.3, 0.4) is 0 Å². The Labute approximate surface area is 146 Å². The highest BCUT2D eigenvalue weighted by atomic mass is 16.5. The normalized spacial score (nSPS) is 16.0. The molecule has 25 heavy (non-hydrogen) atoms. The number of nitrogens with zero attached hydrogens (tertiary/aromatic N) is 4. The maximum absolute atomic E-state index is 10.6. The lowest BCUT2D eigenvalue weighted by Crippen LogP contribution is -2.33. The third kappa shape index (κ3) is 3.10. The third-order valence-electron chi connectivity index (χ3n) is 4.85. The lowest BCUT2D eigenvalue weighted by atomic mass is 10.1. The van der Waals surface area contributed by atoms with Gasteiger partial charge < -0.3 is 9.63 Å². The molecule has 0 aliphatic carbocycles. The van der Waals surface area contributed by atoms with Crippen LogP contribution in [0.15, 0.2) is 40.9 Å². The topological polar surface area (TPSA) is 67.3 Å². The summed E-state index contributed by atoms with van der Waals surface area (Å²) in [4.78, 5) is 2.36. The summed E-state index contributed by atoms with van der Waals surface area (Å²) in [6, 6.07) is 11.7. The van der Waals surface area contributed by atoms with Crippen LogP contribution in [0.4, 0.5) is 0 Å². The number of aliphatic hydroxyl groups excluding tert-OH is 1. The summed E-state index contributed by atoms with van der Waals surface area (Å²) < 4.78 is 7.27. The first-order valence-corrected chi connectivity index (χ1v) is 8.55. The Hall–Kier alpha value is -2.44. The molecule has 4 rings (SSSR count). The number of aliphatic hydroxyl groups is 1. The van der Waals surface area contributed by atoms with Gasteiger partial charge in [0, 0.05) is 25.2 Å². The van der Waals surface area contributed by atoms with Crippen molar-refractivity contribution in [1.82, 2.24) is 19.8 Å². The Morgan fingerprint density at radius 3 is 2.72 bits per heavy atom. The molecular weight excluding hydrogens is 316 g/mol. The Morgan fingerprint density at radius 2 is 2.00 bits per heavy atom. The first kappa shape index (κ1) is 16.1. The number of hydrogen-bond donors (Lipinski definition) is 1. The predicted octanol–water partition coefficient (Wildman–Crippen LogP) is 2.59. The van der Waals surface area contributed by atoms with Gasteiger partial charge in [0.25, 0.3) is 0 Å². The highest BCUT2D eigenvalue weighted by molar-refractivity contribution is 5.27. The summed E-state index contributed by atoms with van der Waals surface area (Å²) in [5, 5.41) is 19.2. The van der Waals surface area contributed by atoms with E-state index in [0.717, 1.165) is 54.5 Å².